The van der Waals surface area contributed by atoms with E-state index in [2.05, 4.69) is 19.5 Å². The van der Waals surface area contributed by atoms with Crippen LogP contribution >= 0.6 is 0 Å². The number of piperidine rings is 1. The summed E-state index contributed by atoms with van der Waals surface area (Å²) in [6, 6.07) is 0.440. The van der Waals surface area contributed by atoms with Crippen molar-refractivity contribution in [2.75, 3.05) is 31.2 Å². The molecule has 2 aromatic heterocycles. The van der Waals surface area contributed by atoms with Crippen LogP contribution in [0.4, 0.5) is 19.0 Å². The third-order valence-corrected chi connectivity index (χ3v) is 6.40. The number of fused-ring (bicyclic) bond motifs is 1. The molecule has 3 fully saturated rings. The van der Waals surface area contributed by atoms with E-state index < -0.39 is 17.5 Å². The van der Waals surface area contributed by atoms with Crippen LogP contribution in [-0.2, 0) is 4.74 Å². The number of alkyl halides is 3. The van der Waals surface area contributed by atoms with Crippen LogP contribution in [0, 0.1) is 11.3 Å². The highest BCUT2D eigenvalue weighted by Gasteiger charge is 2.56. The first-order valence-corrected chi connectivity index (χ1v) is 9.55. The molecule has 1 atom stereocenters. The first-order valence-electron chi connectivity index (χ1n) is 9.55. The summed E-state index contributed by atoms with van der Waals surface area (Å²) in [5.74, 6) is -0.627. The predicted molar refractivity (Wildman–Crippen MR) is 92.5 cm³/mol. The number of nitrogens with zero attached hydrogens (tertiary/aromatic N) is 5. The van der Waals surface area contributed by atoms with E-state index in [9.17, 15) is 13.2 Å². The Morgan fingerprint density at radius 1 is 1.07 bits per heavy atom. The monoisotopic (exact) mass is 381 g/mol. The Kier molecular flexibility index (Phi) is 3.86. The Morgan fingerprint density at radius 3 is 2.56 bits per heavy atom. The van der Waals surface area contributed by atoms with Gasteiger partial charge in [-0.15, -0.1) is 0 Å². The van der Waals surface area contributed by atoms with Gasteiger partial charge in [-0.3, -0.25) is 0 Å². The van der Waals surface area contributed by atoms with Crippen LogP contribution in [0.2, 0.25) is 0 Å². The lowest BCUT2D eigenvalue weighted by molar-refractivity contribution is -0.223. The van der Waals surface area contributed by atoms with Crippen LogP contribution in [0.3, 0.4) is 0 Å². The molecule has 0 radical (unpaired) electrons. The summed E-state index contributed by atoms with van der Waals surface area (Å²) in [6.07, 6.45) is 2.28. The number of hydrogen-bond donors (Lipinski definition) is 0. The van der Waals surface area contributed by atoms with Crippen molar-refractivity contribution in [3.63, 3.8) is 0 Å². The van der Waals surface area contributed by atoms with E-state index in [1.807, 2.05) is 4.90 Å². The van der Waals surface area contributed by atoms with E-state index in [-0.39, 0.29) is 6.42 Å². The Labute approximate surface area is 154 Å². The summed E-state index contributed by atoms with van der Waals surface area (Å²) in [6.45, 7) is 1.43. The third-order valence-electron chi connectivity index (χ3n) is 6.40. The zero-order valence-corrected chi connectivity index (χ0v) is 15.0. The molecule has 2 saturated heterocycles. The average molecular weight is 381 g/mol. The zero-order chi connectivity index (χ0) is 18.6. The lowest BCUT2D eigenvalue weighted by Gasteiger charge is -2.50. The van der Waals surface area contributed by atoms with Gasteiger partial charge in [-0.2, -0.15) is 13.2 Å². The summed E-state index contributed by atoms with van der Waals surface area (Å²) in [4.78, 5) is 15.3. The van der Waals surface area contributed by atoms with Gasteiger partial charge in [0.15, 0.2) is 17.0 Å². The fraction of sp³-hybridized carbons (Fsp3) is 0.722. The minimum atomic E-state index is -4.18. The molecule has 1 saturated carbocycles. The Balaban J connectivity index is 1.50. The fourth-order valence-electron chi connectivity index (χ4n) is 4.83. The van der Waals surface area contributed by atoms with E-state index in [1.165, 1.54) is 6.33 Å². The Morgan fingerprint density at radius 2 is 1.85 bits per heavy atom. The van der Waals surface area contributed by atoms with Crippen molar-refractivity contribution in [3.05, 3.63) is 12.7 Å². The second-order valence-corrected chi connectivity index (χ2v) is 8.03. The van der Waals surface area contributed by atoms with Gasteiger partial charge in [0.05, 0.1) is 12.2 Å². The second-order valence-electron chi connectivity index (χ2n) is 8.03. The molecule has 9 heteroatoms. The quantitative estimate of drug-likeness (QED) is 0.799. The molecular formula is C18H22F3N5O. The molecule has 6 nitrogen and oxygen atoms in total. The van der Waals surface area contributed by atoms with Crippen LogP contribution in [0.25, 0.3) is 11.2 Å². The maximum absolute atomic E-state index is 13.8. The maximum Gasteiger partial charge on any atom is 0.392 e. The van der Waals surface area contributed by atoms with Crippen molar-refractivity contribution >= 4 is 17.0 Å². The summed E-state index contributed by atoms with van der Waals surface area (Å²) < 4.78 is 48.7. The summed E-state index contributed by atoms with van der Waals surface area (Å²) >= 11 is 0. The van der Waals surface area contributed by atoms with Crippen molar-refractivity contribution < 1.29 is 17.9 Å². The van der Waals surface area contributed by atoms with Crippen molar-refractivity contribution in [3.8, 4) is 0 Å². The van der Waals surface area contributed by atoms with Crippen molar-refractivity contribution in [2.24, 2.45) is 11.3 Å². The van der Waals surface area contributed by atoms with Crippen LogP contribution in [0.1, 0.15) is 38.1 Å². The highest BCUT2D eigenvalue weighted by Crippen LogP contribution is 2.51. The zero-order valence-electron chi connectivity index (χ0n) is 15.0. The molecule has 0 unspecified atom stereocenters. The van der Waals surface area contributed by atoms with E-state index in [1.54, 1.807) is 6.33 Å². The maximum atomic E-state index is 13.8. The summed E-state index contributed by atoms with van der Waals surface area (Å²) in [7, 11) is 0. The molecule has 2 aromatic rings. The number of halogens is 3. The SMILES string of the molecule is FC(F)(F)[C@@H]1CCN(c2ncnc3c2ncn3C2CC2)CC12CCOCC2. The highest BCUT2D eigenvalue weighted by molar-refractivity contribution is 5.83. The average Bonchev–Trinajstić information content (AvgIpc) is 3.39. The second kappa shape index (κ2) is 6.05. The van der Waals surface area contributed by atoms with Gasteiger partial charge in [0.25, 0.3) is 0 Å². The molecule has 146 valence electrons. The Bertz CT molecular complexity index is 841. The normalized spacial score (nSPS) is 26.0. The van der Waals surface area contributed by atoms with Gasteiger partial charge >= 0.3 is 6.18 Å². The van der Waals surface area contributed by atoms with Crippen LogP contribution < -0.4 is 4.90 Å². The van der Waals surface area contributed by atoms with Gasteiger partial charge in [-0.05, 0) is 32.1 Å². The molecule has 0 N–H and O–H groups in total. The predicted octanol–water partition coefficient (Wildman–Crippen LogP) is 3.35. The molecule has 3 aliphatic rings. The molecule has 1 spiro atoms. The molecule has 2 aliphatic heterocycles. The van der Waals surface area contributed by atoms with Crippen LogP contribution in [0.5, 0.6) is 0 Å². The van der Waals surface area contributed by atoms with Crippen molar-refractivity contribution in [1.29, 1.82) is 0 Å². The molecule has 27 heavy (non-hydrogen) atoms. The highest BCUT2D eigenvalue weighted by atomic mass is 19.4. The molecule has 4 heterocycles. The molecule has 1 aliphatic carbocycles. The van der Waals surface area contributed by atoms with Crippen LogP contribution in [0.15, 0.2) is 12.7 Å². The van der Waals surface area contributed by atoms with Gasteiger partial charge < -0.3 is 14.2 Å². The van der Waals surface area contributed by atoms with Crippen molar-refractivity contribution in [1.82, 2.24) is 19.5 Å². The van der Waals surface area contributed by atoms with Gasteiger partial charge in [0.1, 0.15) is 6.33 Å². The van der Waals surface area contributed by atoms with E-state index in [0.717, 1.165) is 18.5 Å². The minimum absolute atomic E-state index is 0.0817. The van der Waals surface area contributed by atoms with E-state index >= 15 is 0 Å². The van der Waals surface area contributed by atoms with Crippen molar-refractivity contribution in [2.45, 2.75) is 44.3 Å². The molecule has 0 aromatic carbocycles. The van der Waals surface area contributed by atoms with Gasteiger partial charge in [0.2, 0.25) is 0 Å². The van der Waals surface area contributed by atoms with Gasteiger partial charge in [-0.1, -0.05) is 0 Å². The number of ether oxygens (including phenoxy) is 1. The number of aromatic nitrogens is 4. The summed E-state index contributed by atoms with van der Waals surface area (Å²) in [5, 5.41) is 0. The van der Waals surface area contributed by atoms with E-state index in [4.69, 9.17) is 4.74 Å². The van der Waals surface area contributed by atoms with Crippen LogP contribution in [-0.4, -0.2) is 52.0 Å². The molecule has 0 amide bonds. The summed E-state index contributed by atoms with van der Waals surface area (Å²) in [5.41, 5.74) is 0.656. The molecular weight excluding hydrogens is 359 g/mol. The molecule has 0 bridgehead atoms. The van der Waals surface area contributed by atoms with Gasteiger partial charge in [0, 0.05) is 37.8 Å². The third kappa shape index (κ3) is 2.86. The standard InChI is InChI=1S/C18H22F3N5O/c19-18(20,21)13-3-6-25(9-17(13)4-7-27-8-5-17)15-14-16(23-10-22-15)26(11-24-14)12-1-2-12/h10-13H,1-9H2/t13-/m1/s1. The lowest BCUT2D eigenvalue weighted by atomic mass is 9.65. The molecule has 5 rings (SSSR count). The number of anilines is 1. The number of imidazole rings is 1. The largest absolute Gasteiger partial charge is 0.392 e. The topological polar surface area (TPSA) is 56.1 Å². The first kappa shape index (κ1) is 17.2. The Hall–Kier alpha value is -1.90. The lowest BCUT2D eigenvalue weighted by Crippen LogP contribution is -2.55. The fourth-order valence-corrected chi connectivity index (χ4v) is 4.83. The van der Waals surface area contributed by atoms with E-state index in [0.29, 0.717) is 56.5 Å². The number of rotatable bonds is 2. The van der Waals surface area contributed by atoms with Gasteiger partial charge in [-0.25, -0.2) is 15.0 Å². The number of hydrogen-bond acceptors (Lipinski definition) is 5. The minimum Gasteiger partial charge on any atom is -0.381 e. The smallest absolute Gasteiger partial charge is 0.381 e. The first-order chi connectivity index (χ1) is 13.0.